The van der Waals surface area contributed by atoms with Gasteiger partial charge in [0.15, 0.2) is 6.23 Å². The standard InChI is InChI=1S/C47H30N2O2/c1-3-12-29(13-4-1)35-19-11-20-37-43-40(50-46(35)37)26-27-41-44(43)48-47(51-41)31-24-22-30(23-25-31)38-28-32-14-7-8-17-34(32)45-42(38)36-18-9-10-21-39(36)49(45)33-15-5-2-6-16-33/h1-28,47-48H. The number of anilines is 1. The fourth-order valence-corrected chi connectivity index (χ4v) is 8.14. The maximum absolute atomic E-state index is 6.56. The molecule has 240 valence electrons. The normalized spacial score (nSPS) is 14.0. The minimum absolute atomic E-state index is 0.321. The van der Waals surface area contributed by atoms with Crippen LogP contribution in [0.2, 0.25) is 0 Å². The van der Waals surface area contributed by atoms with E-state index in [0.29, 0.717) is 0 Å². The number of hydrogen-bond acceptors (Lipinski definition) is 3. The molecule has 0 spiro atoms. The van der Waals surface area contributed by atoms with Crippen LogP contribution in [0, 0.1) is 0 Å². The summed E-state index contributed by atoms with van der Waals surface area (Å²) < 4.78 is 15.5. The summed E-state index contributed by atoms with van der Waals surface area (Å²) >= 11 is 0. The molecule has 11 rings (SSSR count). The summed E-state index contributed by atoms with van der Waals surface area (Å²) in [5.41, 5.74) is 11.9. The van der Waals surface area contributed by atoms with Crippen molar-refractivity contribution in [3.63, 3.8) is 0 Å². The van der Waals surface area contributed by atoms with Gasteiger partial charge in [-0.25, -0.2) is 0 Å². The smallest absolute Gasteiger partial charge is 0.196 e. The molecule has 10 aromatic rings. The van der Waals surface area contributed by atoms with Crippen molar-refractivity contribution >= 4 is 60.2 Å². The number of aromatic nitrogens is 1. The Labute approximate surface area is 293 Å². The molecule has 2 aromatic heterocycles. The first-order valence-electron chi connectivity index (χ1n) is 17.4. The van der Waals surface area contributed by atoms with E-state index in [-0.39, 0.29) is 6.23 Å². The van der Waals surface area contributed by atoms with E-state index in [1.54, 1.807) is 0 Å². The minimum Gasteiger partial charge on any atom is -0.464 e. The van der Waals surface area contributed by atoms with Gasteiger partial charge in [-0.2, -0.15) is 0 Å². The molecule has 1 aliphatic heterocycles. The van der Waals surface area contributed by atoms with Gasteiger partial charge in [0.1, 0.15) is 16.9 Å². The van der Waals surface area contributed by atoms with Gasteiger partial charge >= 0.3 is 0 Å². The Kier molecular flexibility index (Phi) is 5.98. The first-order valence-corrected chi connectivity index (χ1v) is 17.4. The lowest BCUT2D eigenvalue weighted by Gasteiger charge is -2.14. The molecule has 0 aliphatic carbocycles. The third kappa shape index (κ3) is 4.20. The van der Waals surface area contributed by atoms with Crippen molar-refractivity contribution in [3.05, 3.63) is 175 Å². The average Bonchev–Trinajstić information content (AvgIpc) is 3.90. The number of furan rings is 1. The molecule has 0 radical (unpaired) electrons. The quantitative estimate of drug-likeness (QED) is 0.205. The van der Waals surface area contributed by atoms with Crippen molar-refractivity contribution in [1.82, 2.24) is 4.57 Å². The first-order chi connectivity index (χ1) is 25.3. The van der Waals surface area contributed by atoms with Gasteiger partial charge in [-0.1, -0.05) is 133 Å². The van der Waals surface area contributed by atoms with Gasteiger partial charge in [0.25, 0.3) is 0 Å². The van der Waals surface area contributed by atoms with Crippen LogP contribution >= 0.6 is 0 Å². The number of ether oxygens (including phenoxy) is 1. The second-order valence-corrected chi connectivity index (χ2v) is 13.3. The van der Waals surface area contributed by atoms with Crippen LogP contribution in [0.25, 0.3) is 82.5 Å². The van der Waals surface area contributed by atoms with Crippen molar-refractivity contribution in [2.75, 3.05) is 5.32 Å². The summed E-state index contributed by atoms with van der Waals surface area (Å²) in [5.74, 6) is 0.828. The average molecular weight is 655 g/mol. The van der Waals surface area contributed by atoms with Gasteiger partial charge < -0.3 is 19.0 Å². The Morgan fingerprint density at radius 1 is 0.529 bits per heavy atom. The number of hydrogen-bond donors (Lipinski definition) is 1. The lowest BCUT2D eigenvalue weighted by atomic mass is 9.94. The second kappa shape index (κ2) is 10.9. The Morgan fingerprint density at radius 3 is 2.08 bits per heavy atom. The van der Waals surface area contributed by atoms with E-state index >= 15 is 0 Å². The molecule has 8 aromatic carbocycles. The van der Waals surface area contributed by atoms with Crippen LogP contribution in [-0.2, 0) is 0 Å². The summed E-state index contributed by atoms with van der Waals surface area (Å²) in [5, 5.41) is 10.8. The Balaban J connectivity index is 1.02. The number of para-hydroxylation sites is 3. The van der Waals surface area contributed by atoms with E-state index in [9.17, 15) is 0 Å². The molecule has 0 fully saturated rings. The highest BCUT2D eigenvalue weighted by Crippen LogP contribution is 2.48. The van der Waals surface area contributed by atoms with E-state index in [1.807, 2.05) is 18.2 Å². The molecule has 4 heteroatoms. The largest absolute Gasteiger partial charge is 0.464 e. The fraction of sp³-hybridized carbons (Fsp3) is 0.0213. The van der Waals surface area contributed by atoms with E-state index < -0.39 is 0 Å². The van der Waals surface area contributed by atoms with Crippen LogP contribution in [0.5, 0.6) is 5.75 Å². The van der Waals surface area contributed by atoms with Crippen LogP contribution in [0.1, 0.15) is 11.8 Å². The molecular formula is C47H30N2O2. The van der Waals surface area contributed by atoms with E-state index in [2.05, 4.69) is 162 Å². The van der Waals surface area contributed by atoms with Gasteiger partial charge in [-0.15, -0.1) is 0 Å². The predicted molar refractivity (Wildman–Crippen MR) is 210 cm³/mol. The highest BCUT2D eigenvalue weighted by atomic mass is 16.5. The lowest BCUT2D eigenvalue weighted by molar-refractivity contribution is 0.260. The summed E-state index contributed by atoms with van der Waals surface area (Å²) in [7, 11) is 0. The maximum Gasteiger partial charge on any atom is 0.196 e. The zero-order chi connectivity index (χ0) is 33.5. The summed E-state index contributed by atoms with van der Waals surface area (Å²) in [6, 6.07) is 60.1. The van der Waals surface area contributed by atoms with Gasteiger partial charge in [0.05, 0.1) is 22.1 Å². The molecule has 1 atom stereocenters. The maximum atomic E-state index is 6.56. The number of rotatable bonds is 4. The SMILES string of the molecule is c1ccc(-c2cccc3c2oc2ccc4c(c23)NC(c2ccc(-c3cc5ccccc5c5c3c3ccccc3n5-c3ccccc3)cc2)O4)cc1. The molecule has 4 nitrogen and oxygen atoms in total. The van der Waals surface area contributed by atoms with E-state index in [1.165, 1.54) is 38.1 Å². The molecule has 0 saturated heterocycles. The van der Waals surface area contributed by atoms with Gasteiger partial charge in [-0.05, 0) is 58.5 Å². The van der Waals surface area contributed by atoms with Crippen LogP contribution < -0.4 is 10.1 Å². The molecule has 1 unspecified atom stereocenters. The van der Waals surface area contributed by atoms with E-state index in [4.69, 9.17) is 9.15 Å². The van der Waals surface area contributed by atoms with E-state index in [0.717, 1.165) is 61.3 Å². The zero-order valence-corrected chi connectivity index (χ0v) is 27.5. The zero-order valence-electron chi connectivity index (χ0n) is 27.5. The van der Waals surface area contributed by atoms with Crippen molar-refractivity contribution in [2.24, 2.45) is 0 Å². The predicted octanol–water partition coefficient (Wildman–Crippen LogP) is 12.7. The molecule has 1 aliphatic rings. The molecule has 0 bridgehead atoms. The number of nitrogens with one attached hydrogen (secondary N) is 1. The van der Waals surface area contributed by atoms with Gasteiger partial charge in [-0.3, -0.25) is 0 Å². The van der Waals surface area contributed by atoms with Crippen LogP contribution in [0.3, 0.4) is 0 Å². The van der Waals surface area contributed by atoms with Crippen LogP contribution in [0.15, 0.2) is 174 Å². The first kappa shape index (κ1) is 28.1. The molecule has 0 saturated carbocycles. The molecular weight excluding hydrogens is 625 g/mol. The van der Waals surface area contributed by atoms with Crippen molar-refractivity contribution in [3.8, 4) is 33.7 Å². The number of nitrogens with zero attached hydrogens (tertiary/aromatic N) is 1. The molecule has 51 heavy (non-hydrogen) atoms. The summed E-state index contributed by atoms with van der Waals surface area (Å²) in [6.45, 7) is 0. The Morgan fingerprint density at radius 2 is 1.24 bits per heavy atom. The fourth-order valence-electron chi connectivity index (χ4n) is 8.14. The third-order valence-electron chi connectivity index (χ3n) is 10.4. The Bertz CT molecular complexity index is 2960. The molecule has 1 N–H and O–H groups in total. The summed E-state index contributed by atoms with van der Waals surface area (Å²) in [4.78, 5) is 0. The third-order valence-corrected chi connectivity index (χ3v) is 10.4. The second-order valence-electron chi connectivity index (χ2n) is 13.3. The van der Waals surface area contributed by atoms with Gasteiger partial charge in [0, 0.05) is 38.4 Å². The highest BCUT2D eigenvalue weighted by Gasteiger charge is 2.28. The van der Waals surface area contributed by atoms with Crippen LogP contribution in [0.4, 0.5) is 5.69 Å². The number of benzene rings is 8. The lowest BCUT2D eigenvalue weighted by Crippen LogP contribution is -2.09. The monoisotopic (exact) mass is 654 g/mol. The topological polar surface area (TPSA) is 39.3 Å². The molecule has 0 amide bonds. The van der Waals surface area contributed by atoms with Gasteiger partial charge in [0.2, 0.25) is 0 Å². The Hall–Kier alpha value is -6.78. The number of fused-ring (bicyclic) bond motifs is 10. The van der Waals surface area contributed by atoms with Crippen molar-refractivity contribution < 1.29 is 9.15 Å². The minimum atomic E-state index is -0.321. The van der Waals surface area contributed by atoms with Crippen molar-refractivity contribution in [1.29, 1.82) is 0 Å². The molecule has 3 heterocycles. The van der Waals surface area contributed by atoms with Crippen molar-refractivity contribution in [2.45, 2.75) is 6.23 Å². The van der Waals surface area contributed by atoms with Crippen LogP contribution in [-0.4, -0.2) is 4.57 Å². The summed E-state index contributed by atoms with van der Waals surface area (Å²) in [6.07, 6.45) is -0.321. The highest BCUT2D eigenvalue weighted by molar-refractivity contribution is 6.24.